The predicted molar refractivity (Wildman–Crippen MR) is 71.9 cm³/mol. The maximum absolute atomic E-state index is 12.8. The molecular weight excluding hydrogens is 269 g/mol. The Kier molecular flexibility index (Phi) is 6.11. The van der Waals surface area contributed by atoms with Crippen molar-refractivity contribution < 1.29 is 18.1 Å². The van der Waals surface area contributed by atoms with E-state index in [0.717, 1.165) is 0 Å². The SMILES string of the molecule is CCOCCCC(=O)N=S(C)(=O)c1ccc(F)cc1. The van der Waals surface area contributed by atoms with Gasteiger partial charge in [-0.15, -0.1) is 0 Å². The van der Waals surface area contributed by atoms with Crippen LogP contribution in [0.3, 0.4) is 0 Å². The molecule has 0 bridgehead atoms. The zero-order valence-electron chi connectivity index (χ0n) is 11.1. The van der Waals surface area contributed by atoms with E-state index in [9.17, 15) is 13.4 Å². The molecule has 0 spiro atoms. The average molecular weight is 287 g/mol. The number of rotatable bonds is 6. The van der Waals surface area contributed by atoms with Gasteiger partial charge in [-0.1, -0.05) is 0 Å². The fraction of sp³-hybridized carbons (Fsp3) is 0.462. The summed E-state index contributed by atoms with van der Waals surface area (Å²) >= 11 is 0. The molecule has 4 nitrogen and oxygen atoms in total. The van der Waals surface area contributed by atoms with Gasteiger partial charge in [0.2, 0.25) is 0 Å². The Bertz CT molecular complexity index is 533. The normalized spacial score (nSPS) is 13.8. The minimum absolute atomic E-state index is 0.200. The summed E-state index contributed by atoms with van der Waals surface area (Å²) in [5, 5.41) is 0. The maximum Gasteiger partial charge on any atom is 0.254 e. The van der Waals surface area contributed by atoms with E-state index >= 15 is 0 Å². The molecule has 0 aromatic heterocycles. The van der Waals surface area contributed by atoms with Crippen molar-refractivity contribution in [2.75, 3.05) is 19.5 Å². The lowest BCUT2D eigenvalue weighted by molar-refractivity contribution is -0.117. The highest BCUT2D eigenvalue weighted by Crippen LogP contribution is 2.13. The maximum atomic E-state index is 12.8. The first-order chi connectivity index (χ1) is 8.95. The van der Waals surface area contributed by atoms with Crippen molar-refractivity contribution in [1.82, 2.24) is 0 Å². The number of hydrogen-bond acceptors (Lipinski definition) is 3. The number of carbonyl (C=O) groups is 1. The molecule has 19 heavy (non-hydrogen) atoms. The molecule has 0 heterocycles. The Balaban J connectivity index is 2.70. The molecule has 0 aliphatic rings. The van der Waals surface area contributed by atoms with Gasteiger partial charge in [0.15, 0.2) is 0 Å². The monoisotopic (exact) mass is 287 g/mol. The second-order valence-electron chi connectivity index (χ2n) is 4.04. The summed E-state index contributed by atoms with van der Waals surface area (Å²) in [6.45, 7) is 2.96. The Hall–Kier alpha value is -1.27. The molecule has 0 aliphatic heterocycles. The second kappa shape index (κ2) is 7.35. The molecule has 1 atom stereocenters. The smallest absolute Gasteiger partial charge is 0.254 e. The summed E-state index contributed by atoms with van der Waals surface area (Å²) in [5.41, 5.74) is 0. The van der Waals surface area contributed by atoms with Crippen LogP contribution in [0.5, 0.6) is 0 Å². The average Bonchev–Trinajstić information content (AvgIpc) is 2.34. The van der Waals surface area contributed by atoms with Crippen LogP contribution in [0.25, 0.3) is 0 Å². The third kappa shape index (κ3) is 5.48. The van der Waals surface area contributed by atoms with Crippen LogP contribution >= 0.6 is 0 Å². The van der Waals surface area contributed by atoms with Crippen LogP contribution in [0.15, 0.2) is 33.5 Å². The summed E-state index contributed by atoms with van der Waals surface area (Å²) in [6, 6.07) is 5.17. The van der Waals surface area contributed by atoms with E-state index < -0.39 is 21.5 Å². The number of nitrogens with zero attached hydrogens (tertiary/aromatic N) is 1. The number of amides is 1. The number of benzene rings is 1. The Labute approximate surface area is 113 Å². The van der Waals surface area contributed by atoms with Gasteiger partial charge in [-0.05, 0) is 37.6 Å². The molecule has 0 saturated heterocycles. The highest BCUT2D eigenvalue weighted by molar-refractivity contribution is 7.93. The zero-order chi connectivity index (χ0) is 14.3. The van der Waals surface area contributed by atoms with Gasteiger partial charge in [0.1, 0.15) is 5.82 Å². The minimum atomic E-state index is -2.80. The van der Waals surface area contributed by atoms with Crippen LogP contribution in [0, 0.1) is 5.82 Å². The number of carbonyl (C=O) groups excluding carboxylic acids is 1. The van der Waals surface area contributed by atoms with Crippen LogP contribution in [-0.4, -0.2) is 29.6 Å². The Morgan fingerprint density at radius 3 is 2.58 bits per heavy atom. The molecule has 0 N–H and O–H groups in total. The molecular formula is C13H18FNO3S. The largest absolute Gasteiger partial charge is 0.382 e. The molecule has 1 aromatic carbocycles. The van der Waals surface area contributed by atoms with Gasteiger partial charge in [0.05, 0.1) is 9.73 Å². The van der Waals surface area contributed by atoms with Crippen molar-refractivity contribution in [3.05, 3.63) is 30.1 Å². The van der Waals surface area contributed by atoms with Gasteiger partial charge in [0.25, 0.3) is 5.91 Å². The van der Waals surface area contributed by atoms with Crippen molar-refractivity contribution in [2.45, 2.75) is 24.7 Å². The highest BCUT2D eigenvalue weighted by Gasteiger charge is 2.09. The summed E-state index contributed by atoms with van der Waals surface area (Å²) in [6.07, 6.45) is 2.13. The standard InChI is InChI=1S/C13H18FNO3S/c1-3-18-10-4-5-13(16)15-19(2,17)12-8-6-11(14)7-9-12/h6-9H,3-5,10H2,1-2H3. The van der Waals surface area contributed by atoms with Crippen LogP contribution in [0.1, 0.15) is 19.8 Å². The molecule has 1 rings (SSSR count). The van der Waals surface area contributed by atoms with Gasteiger partial charge in [-0.2, -0.15) is 4.36 Å². The minimum Gasteiger partial charge on any atom is -0.382 e. The lowest BCUT2D eigenvalue weighted by Crippen LogP contribution is -2.05. The van der Waals surface area contributed by atoms with Crippen LogP contribution in [0.2, 0.25) is 0 Å². The second-order valence-corrected chi connectivity index (χ2v) is 6.30. The van der Waals surface area contributed by atoms with Crippen molar-refractivity contribution in [3.63, 3.8) is 0 Å². The molecule has 0 fully saturated rings. The lowest BCUT2D eigenvalue weighted by atomic mass is 10.3. The number of hydrogen-bond donors (Lipinski definition) is 0. The zero-order valence-corrected chi connectivity index (χ0v) is 11.9. The summed E-state index contributed by atoms with van der Waals surface area (Å²) in [4.78, 5) is 11.9. The van der Waals surface area contributed by atoms with Gasteiger partial charge in [-0.25, -0.2) is 8.60 Å². The molecule has 0 saturated carbocycles. The third-order valence-corrected chi connectivity index (χ3v) is 4.11. The molecule has 0 radical (unpaired) electrons. The molecule has 1 amide bonds. The van der Waals surface area contributed by atoms with Gasteiger partial charge >= 0.3 is 0 Å². The third-order valence-electron chi connectivity index (χ3n) is 2.41. The Morgan fingerprint density at radius 1 is 1.37 bits per heavy atom. The van der Waals surface area contributed by atoms with Gasteiger partial charge < -0.3 is 4.74 Å². The molecule has 1 aromatic rings. The lowest BCUT2D eigenvalue weighted by Gasteiger charge is -2.04. The van der Waals surface area contributed by atoms with E-state index in [2.05, 4.69) is 4.36 Å². The summed E-state index contributed by atoms with van der Waals surface area (Å²) in [7, 11) is -2.80. The highest BCUT2D eigenvalue weighted by atomic mass is 32.2. The van der Waals surface area contributed by atoms with E-state index in [-0.39, 0.29) is 6.42 Å². The van der Waals surface area contributed by atoms with E-state index in [1.54, 1.807) is 0 Å². The van der Waals surface area contributed by atoms with Crippen molar-refractivity contribution in [1.29, 1.82) is 0 Å². The predicted octanol–water partition coefficient (Wildman–Crippen LogP) is 2.63. The Morgan fingerprint density at radius 2 is 2.00 bits per heavy atom. The van der Waals surface area contributed by atoms with E-state index in [4.69, 9.17) is 4.74 Å². The van der Waals surface area contributed by atoms with E-state index in [1.807, 2.05) is 6.92 Å². The number of ether oxygens (including phenoxy) is 1. The fourth-order valence-corrected chi connectivity index (χ4v) is 2.68. The van der Waals surface area contributed by atoms with Crippen molar-refractivity contribution in [3.8, 4) is 0 Å². The van der Waals surface area contributed by atoms with Crippen LogP contribution in [-0.2, 0) is 19.3 Å². The van der Waals surface area contributed by atoms with Crippen molar-refractivity contribution >= 4 is 15.6 Å². The van der Waals surface area contributed by atoms with Gasteiger partial charge in [-0.3, -0.25) is 4.79 Å². The number of halogens is 1. The topological polar surface area (TPSA) is 55.7 Å². The first-order valence-electron chi connectivity index (χ1n) is 6.04. The molecule has 0 aliphatic carbocycles. The van der Waals surface area contributed by atoms with Crippen LogP contribution < -0.4 is 0 Å². The first-order valence-corrected chi connectivity index (χ1v) is 7.96. The summed E-state index contributed by atoms with van der Waals surface area (Å²) in [5.74, 6) is -0.835. The quantitative estimate of drug-likeness (QED) is 0.756. The fourth-order valence-electron chi connectivity index (χ4n) is 1.45. The van der Waals surface area contributed by atoms with Crippen LogP contribution in [0.4, 0.5) is 4.39 Å². The first kappa shape index (κ1) is 15.8. The van der Waals surface area contributed by atoms with Gasteiger partial charge in [0, 0.05) is 30.8 Å². The van der Waals surface area contributed by atoms with Crippen molar-refractivity contribution in [2.24, 2.45) is 4.36 Å². The summed E-state index contributed by atoms with van der Waals surface area (Å²) < 4.78 is 33.9. The van der Waals surface area contributed by atoms with E-state index in [0.29, 0.717) is 24.5 Å². The molecule has 1 unspecified atom stereocenters. The molecule has 106 valence electrons. The van der Waals surface area contributed by atoms with E-state index in [1.165, 1.54) is 30.5 Å². The molecule has 6 heteroatoms.